The Morgan fingerprint density at radius 1 is 1.10 bits per heavy atom. The third-order valence-electron chi connectivity index (χ3n) is 6.14. The molecule has 0 amide bonds. The largest absolute Gasteiger partial charge is 0.356 e. The lowest BCUT2D eigenvalue weighted by Crippen LogP contribution is -2.44. The molecule has 4 heterocycles. The quantitative estimate of drug-likeness (QED) is 0.674. The molecule has 166 valence electrons. The van der Waals surface area contributed by atoms with Gasteiger partial charge in [-0.2, -0.15) is 0 Å². The summed E-state index contributed by atoms with van der Waals surface area (Å²) in [6.07, 6.45) is 2.02. The Kier molecular flexibility index (Phi) is 5.47. The van der Waals surface area contributed by atoms with Crippen LogP contribution in [0.15, 0.2) is 15.7 Å². The van der Waals surface area contributed by atoms with Gasteiger partial charge >= 0.3 is 5.69 Å². The lowest BCUT2D eigenvalue weighted by atomic mass is 10.1. The van der Waals surface area contributed by atoms with E-state index < -0.39 is 0 Å². The Morgan fingerprint density at radius 3 is 2.39 bits per heavy atom. The molecule has 9 heteroatoms. The molecule has 3 aromatic rings. The average molecular weight is 426 g/mol. The van der Waals surface area contributed by atoms with E-state index in [0.29, 0.717) is 23.4 Å². The van der Waals surface area contributed by atoms with E-state index in [0.717, 1.165) is 48.7 Å². The normalized spacial score (nSPS) is 17.0. The van der Waals surface area contributed by atoms with E-state index in [-0.39, 0.29) is 23.8 Å². The van der Waals surface area contributed by atoms with Gasteiger partial charge < -0.3 is 15.2 Å². The molecule has 0 aliphatic carbocycles. The number of nitrogens with two attached hydrogens (primary N) is 1. The number of hydrogen-bond donors (Lipinski definition) is 1. The third kappa shape index (κ3) is 3.56. The highest BCUT2D eigenvalue weighted by Crippen LogP contribution is 2.31. The maximum atomic E-state index is 13.6. The second-order valence-corrected chi connectivity index (χ2v) is 8.54. The molecule has 0 spiro atoms. The highest BCUT2D eigenvalue weighted by Gasteiger charge is 2.27. The van der Waals surface area contributed by atoms with Gasteiger partial charge in [0.15, 0.2) is 0 Å². The zero-order valence-corrected chi connectivity index (χ0v) is 19.0. The molecule has 0 unspecified atom stereocenters. The molecule has 1 saturated heterocycles. The van der Waals surface area contributed by atoms with Gasteiger partial charge in [0.25, 0.3) is 5.56 Å². The smallest absolute Gasteiger partial charge is 0.331 e. The first-order valence-electron chi connectivity index (χ1n) is 10.9. The highest BCUT2D eigenvalue weighted by molar-refractivity contribution is 5.86. The summed E-state index contributed by atoms with van der Waals surface area (Å²) in [6.45, 7) is 10.1. The molecular weight excluding hydrogens is 394 g/mol. The molecule has 4 rings (SSSR count). The molecule has 2 N–H and O–H groups in total. The lowest BCUT2D eigenvalue weighted by molar-refractivity contribution is 0.497. The minimum atomic E-state index is -0.362. The van der Waals surface area contributed by atoms with Crippen LogP contribution in [0.25, 0.3) is 11.0 Å². The van der Waals surface area contributed by atoms with Gasteiger partial charge in [0.1, 0.15) is 17.2 Å². The number of anilines is 1. The Bertz CT molecular complexity index is 1250. The maximum absolute atomic E-state index is 13.6. The van der Waals surface area contributed by atoms with Gasteiger partial charge in [0.05, 0.1) is 12.1 Å². The van der Waals surface area contributed by atoms with Crippen LogP contribution >= 0.6 is 0 Å². The van der Waals surface area contributed by atoms with Gasteiger partial charge in [-0.25, -0.2) is 14.8 Å². The van der Waals surface area contributed by atoms with Gasteiger partial charge in [0.2, 0.25) is 0 Å². The van der Waals surface area contributed by atoms with Crippen molar-refractivity contribution >= 4 is 16.9 Å². The minimum Gasteiger partial charge on any atom is -0.356 e. The van der Waals surface area contributed by atoms with Crippen molar-refractivity contribution in [1.29, 1.82) is 0 Å². The van der Waals surface area contributed by atoms with E-state index in [9.17, 15) is 9.59 Å². The molecule has 0 radical (unpaired) electrons. The molecular formula is C22H31N7O2. The van der Waals surface area contributed by atoms with Crippen molar-refractivity contribution in [3.63, 3.8) is 0 Å². The second-order valence-electron chi connectivity index (χ2n) is 8.54. The zero-order chi connectivity index (χ0) is 22.4. The first-order chi connectivity index (χ1) is 14.7. The number of piperidine rings is 1. The number of aromatic nitrogens is 5. The van der Waals surface area contributed by atoms with Gasteiger partial charge in [-0.05, 0) is 46.6 Å². The first-order valence-corrected chi connectivity index (χ1v) is 10.9. The second kappa shape index (κ2) is 7.96. The Balaban J connectivity index is 1.95. The van der Waals surface area contributed by atoms with Crippen LogP contribution in [-0.2, 0) is 20.1 Å². The van der Waals surface area contributed by atoms with Crippen LogP contribution in [0.3, 0.4) is 0 Å². The van der Waals surface area contributed by atoms with Gasteiger partial charge in [0, 0.05) is 49.7 Å². The maximum Gasteiger partial charge on any atom is 0.331 e. The third-order valence-corrected chi connectivity index (χ3v) is 6.14. The number of aryl methyl sites for hydroxylation is 5. The summed E-state index contributed by atoms with van der Waals surface area (Å²) < 4.78 is 4.85. The number of rotatable bonds is 4. The highest BCUT2D eigenvalue weighted by atomic mass is 16.2. The Morgan fingerprint density at radius 2 is 1.77 bits per heavy atom. The monoisotopic (exact) mass is 425 g/mol. The fourth-order valence-electron chi connectivity index (χ4n) is 4.91. The molecule has 1 fully saturated rings. The van der Waals surface area contributed by atoms with Crippen LogP contribution in [0, 0.1) is 20.8 Å². The van der Waals surface area contributed by atoms with E-state index in [4.69, 9.17) is 5.73 Å². The van der Waals surface area contributed by atoms with E-state index in [2.05, 4.69) is 14.9 Å². The summed E-state index contributed by atoms with van der Waals surface area (Å²) >= 11 is 0. The number of nitrogens with zero attached hydrogens (tertiary/aromatic N) is 6. The van der Waals surface area contributed by atoms with Crippen LogP contribution in [-0.4, -0.2) is 42.8 Å². The lowest BCUT2D eigenvalue weighted by Gasteiger charge is -2.33. The summed E-state index contributed by atoms with van der Waals surface area (Å²) in [7, 11) is 1.72. The Hall–Kier alpha value is -2.94. The first kappa shape index (κ1) is 21.3. The van der Waals surface area contributed by atoms with Crippen LogP contribution in [0.2, 0.25) is 0 Å². The van der Waals surface area contributed by atoms with Crippen molar-refractivity contribution in [1.82, 2.24) is 23.7 Å². The number of fused-ring (bicyclic) bond motifs is 1. The molecule has 0 saturated carbocycles. The molecule has 31 heavy (non-hydrogen) atoms. The summed E-state index contributed by atoms with van der Waals surface area (Å²) in [5, 5.41) is 0. The van der Waals surface area contributed by atoms with E-state index in [1.165, 1.54) is 4.57 Å². The van der Waals surface area contributed by atoms with Crippen LogP contribution in [0.1, 0.15) is 42.5 Å². The molecule has 1 atom stereocenters. The van der Waals surface area contributed by atoms with E-state index in [1.807, 2.05) is 38.3 Å². The predicted octanol–water partition coefficient (Wildman–Crippen LogP) is 1.21. The van der Waals surface area contributed by atoms with Gasteiger partial charge in [-0.3, -0.25) is 13.9 Å². The van der Waals surface area contributed by atoms with Crippen LogP contribution in [0.5, 0.6) is 0 Å². The molecule has 1 aliphatic rings. The molecule has 0 bridgehead atoms. The SMILES string of the molecule is CCn1c(N2CCC[C@@H](N)C2)c(C)c2c1c(=O)n(Cc1nc(C)cc(C)n1)c(=O)n2C. The predicted molar refractivity (Wildman–Crippen MR) is 122 cm³/mol. The Labute approximate surface area is 181 Å². The topological polar surface area (TPSA) is 104 Å². The molecule has 3 aromatic heterocycles. The summed E-state index contributed by atoms with van der Waals surface area (Å²) in [6, 6.07) is 1.98. The van der Waals surface area contributed by atoms with Crippen molar-refractivity contribution < 1.29 is 0 Å². The van der Waals surface area contributed by atoms with Crippen LogP contribution < -0.4 is 21.9 Å². The van der Waals surface area contributed by atoms with E-state index in [1.54, 1.807) is 11.6 Å². The van der Waals surface area contributed by atoms with Crippen molar-refractivity contribution in [2.45, 2.75) is 59.7 Å². The fourth-order valence-corrected chi connectivity index (χ4v) is 4.91. The average Bonchev–Trinajstić information content (AvgIpc) is 3.01. The standard InChI is InChI=1S/C22H31N7O2/c1-6-28-19-18(15(4)20(28)27-9-7-8-16(23)11-27)26(5)22(31)29(21(19)30)12-17-24-13(2)10-14(3)25-17/h10,16H,6-9,11-12,23H2,1-5H3/t16-/m1/s1. The fraction of sp³-hybridized carbons (Fsp3) is 0.545. The van der Waals surface area contributed by atoms with Gasteiger partial charge in [-0.15, -0.1) is 0 Å². The van der Waals surface area contributed by atoms with Gasteiger partial charge in [-0.1, -0.05) is 0 Å². The van der Waals surface area contributed by atoms with E-state index >= 15 is 0 Å². The van der Waals surface area contributed by atoms with Crippen molar-refractivity contribution in [3.8, 4) is 0 Å². The van der Waals surface area contributed by atoms with Crippen LogP contribution in [0.4, 0.5) is 5.82 Å². The molecule has 9 nitrogen and oxygen atoms in total. The van der Waals surface area contributed by atoms with Crippen molar-refractivity contribution in [2.75, 3.05) is 18.0 Å². The summed E-state index contributed by atoms with van der Waals surface area (Å²) in [4.78, 5) is 37.9. The zero-order valence-electron chi connectivity index (χ0n) is 19.0. The molecule has 0 aromatic carbocycles. The molecule has 1 aliphatic heterocycles. The van der Waals surface area contributed by atoms with Crippen molar-refractivity contribution in [2.24, 2.45) is 12.8 Å². The number of hydrogen-bond acceptors (Lipinski definition) is 6. The van der Waals surface area contributed by atoms with Crippen molar-refractivity contribution in [3.05, 3.63) is 49.7 Å². The minimum absolute atomic E-state index is 0.0435. The summed E-state index contributed by atoms with van der Waals surface area (Å²) in [5.74, 6) is 1.45. The summed E-state index contributed by atoms with van der Waals surface area (Å²) in [5.41, 5.74) is 9.35.